The second-order valence-electron chi connectivity index (χ2n) is 4.46. The number of amides is 1. The molecule has 2 heterocycles. The number of nitrogens with one attached hydrogen (secondary N) is 1. The Labute approximate surface area is 120 Å². The molecule has 1 amide bonds. The summed E-state index contributed by atoms with van der Waals surface area (Å²) in [5, 5.41) is 15.8. The number of aromatic carboxylic acids is 1. The van der Waals surface area contributed by atoms with Gasteiger partial charge in [-0.15, -0.1) is 0 Å². The Morgan fingerprint density at radius 3 is 2.48 bits per heavy atom. The number of hydrogen-bond donors (Lipinski definition) is 2. The minimum Gasteiger partial charge on any atom is -0.476 e. The van der Waals surface area contributed by atoms with Crippen LogP contribution in [0.1, 0.15) is 32.4 Å². The molecule has 0 unspecified atom stereocenters. The van der Waals surface area contributed by atoms with E-state index in [-0.39, 0.29) is 11.4 Å². The van der Waals surface area contributed by atoms with E-state index in [1.54, 1.807) is 4.68 Å². The zero-order valence-corrected chi connectivity index (χ0v) is 11.7. The SMILES string of the molecule is Cc1cc(C)n(CCNC(=O)c2nccnc2C(=O)O)n1. The summed E-state index contributed by atoms with van der Waals surface area (Å²) >= 11 is 0. The molecule has 8 nitrogen and oxygen atoms in total. The van der Waals surface area contributed by atoms with Gasteiger partial charge in [0.2, 0.25) is 0 Å². The molecule has 0 saturated heterocycles. The highest BCUT2D eigenvalue weighted by Crippen LogP contribution is 2.03. The van der Waals surface area contributed by atoms with E-state index in [1.165, 1.54) is 12.4 Å². The molecule has 0 aliphatic carbocycles. The van der Waals surface area contributed by atoms with Crippen LogP contribution in [0.5, 0.6) is 0 Å². The van der Waals surface area contributed by atoms with Crippen molar-refractivity contribution in [3.05, 3.63) is 41.2 Å². The van der Waals surface area contributed by atoms with Crippen LogP contribution in [0.25, 0.3) is 0 Å². The van der Waals surface area contributed by atoms with Gasteiger partial charge in [-0.25, -0.2) is 14.8 Å². The normalized spacial score (nSPS) is 10.4. The van der Waals surface area contributed by atoms with Gasteiger partial charge in [-0.1, -0.05) is 0 Å². The fraction of sp³-hybridized carbons (Fsp3) is 0.308. The maximum atomic E-state index is 11.9. The number of carboxylic acid groups (broad SMARTS) is 1. The van der Waals surface area contributed by atoms with Crippen LogP contribution in [-0.4, -0.2) is 43.3 Å². The summed E-state index contributed by atoms with van der Waals surface area (Å²) in [6.45, 7) is 4.62. The van der Waals surface area contributed by atoms with Crippen molar-refractivity contribution in [2.24, 2.45) is 0 Å². The van der Waals surface area contributed by atoms with Crippen molar-refractivity contribution < 1.29 is 14.7 Å². The van der Waals surface area contributed by atoms with Crippen LogP contribution >= 0.6 is 0 Å². The lowest BCUT2D eigenvalue weighted by Gasteiger charge is -2.07. The standard InChI is InChI=1S/C13H15N5O3/c1-8-7-9(2)18(17-8)6-5-16-12(19)10-11(13(20)21)15-4-3-14-10/h3-4,7H,5-6H2,1-2H3,(H,16,19)(H,20,21). The minimum atomic E-state index is -1.29. The van der Waals surface area contributed by atoms with Gasteiger partial charge in [0, 0.05) is 24.6 Å². The van der Waals surface area contributed by atoms with Crippen LogP contribution in [0.15, 0.2) is 18.5 Å². The summed E-state index contributed by atoms with van der Waals surface area (Å²) in [5.74, 6) is -1.85. The van der Waals surface area contributed by atoms with Gasteiger partial charge in [-0.3, -0.25) is 9.48 Å². The molecule has 21 heavy (non-hydrogen) atoms. The van der Waals surface area contributed by atoms with Gasteiger partial charge in [0.05, 0.1) is 12.2 Å². The molecular formula is C13H15N5O3. The first-order valence-electron chi connectivity index (χ1n) is 6.32. The average molecular weight is 289 g/mol. The second-order valence-corrected chi connectivity index (χ2v) is 4.46. The van der Waals surface area contributed by atoms with E-state index < -0.39 is 11.9 Å². The van der Waals surface area contributed by atoms with Crippen molar-refractivity contribution in [3.63, 3.8) is 0 Å². The van der Waals surface area contributed by atoms with Crippen LogP contribution in [0.2, 0.25) is 0 Å². The average Bonchev–Trinajstić information content (AvgIpc) is 2.77. The molecule has 110 valence electrons. The van der Waals surface area contributed by atoms with Crippen LogP contribution in [0, 0.1) is 13.8 Å². The molecule has 0 spiro atoms. The van der Waals surface area contributed by atoms with Gasteiger partial charge in [-0.2, -0.15) is 5.10 Å². The summed E-state index contributed by atoms with van der Waals surface area (Å²) in [7, 11) is 0. The van der Waals surface area contributed by atoms with Crippen LogP contribution < -0.4 is 5.32 Å². The van der Waals surface area contributed by atoms with E-state index in [2.05, 4.69) is 20.4 Å². The molecule has 0 bridgehead atoms. The number of carbonyl (C=O) groups is 2. The molecule has 2 rings (SSSR count). The van der Waals surface area contributed by atoms with E-state index in [0.29, 0.717) is 13.1 Å². The number of carbonyl (C=O) groups excluding carboxylic acids is 1. The van der Waals surface area contributed by atoms with Crippen LogP contribution in [-0.2, 0) is 6.54 Å². The Hall–Kier alpha value is -2.77. The smallest absolute Gasteiger partial charge is 0.356 e. The molecule has 0 fully saturated rings. The maximum absolute atomic E-state index is 11.9. The van der Waals surface area contributed by atoms with Gasteiger partial charge in [-0.05, 0) is 19.9 Å². The Balaban J connectivity index is 1.99. The lowest BCUT2D eigenvalue weighted by Crippen LogP contribution is -2.30. The zero-order valence-electron chi connectivity index (χ0n) is 11.7. The lowest BCUT2D eigenvalue weighted by atomic mass is 10.3. The second kappa shape index (κ2) is 6.12. The summed E-state index contributed by atoms with van der Waals surface area (Å²) < 4.78 is 1.77. The number of nitrogens with zero attached hydrogens (tertiary/aromatic N) is 4. The number of aryl methyl sites for hydroxylation is 2. The molecule has 0 aliphatic rings. The Bertz CT molecular complexity index is 680. The predicted octanol–water partition coefficient (Wildman–Crippen LogP) is 0.418. The summed E-state index contributed by atoms with van der Waals surface area (Å²) in [5.41, 5.74) is 1.34. The fourth-order valence-electron chi connectivity index (χ4n) is 1.92. The molecule has 0 atom stereocenters. The van der Waals surface area contributed by atoms with Crippen LogP contribution in [0.4, 0.5) is 0 Å². The van der Waals surface area contributed by atoms with E-state index in [4.69, 9.17) is 5.11 Å². The molecule has 2 aromatic heterocycles. The molecule has 8 heteroatoms. The highest BCUT2D eigenvalue weighted by molar-refractivity contribution is 6.01. The highest BCUT2D eigenvalue weighted by atomic mass is 16.4. The molecule has 0 aliphatic heterocycles. The van der Waals surface area contributed by atoms with Crippen LogP contribution in [0.3, 0.4) is 0 Å². The topological polar surface area (TPSA) is 110 Å². The molecule has 2 aromatic rings. The summed E-state index contributed by atoms with van der Waals surface area (Å²) in [6, 6.07) is 1.94. The molecular weight excluding hydrogens is 274 g/mol. The Morgan fingerprint density at radius 1 is 1.24 bits per heavy atom. The largest absolute Gasteiger partial charge is 0.476 e. The van der Waals surface area contributed by atoms with E-state index in [9.17, 15) is 9.59 Å². The zero-order chi connectivity index (χ0) is 15.4. The number of aromatic nitrogens is 4. The third-order valence-corrected chi connectivity index (χ3v) is 2.83. The van der Waals surface area contributed by atoms with Gasteiger partial charge in [0.25, 0.3) is 5.91 Å². The molecule has 0 radical (unpaired) electrons. The summed E-state index contributed by atoms with van der Waals surface area (Å²) in [4.78, 5) is 30.3. The lowest BCUT2D eigenvalue weighted by molar-refractivity contribution is 0.0683. The van der Waals surface area contributed by atoms with Crippen molar-refractivity contribution in [2.75, 3.05) is 6.54 Å². The number of carboxylic acids is 1. The Kier molecular flexibility index (Phi) is 4.27. The van der Waals surface area contributed by atoms with Gasteiger partial charge >= 0.3 is 5.97 Å². The van der Waals surface area contributed by atoms with E-state index >= 15 is 0 Å². The fourth-order valence-corrected chi connectivity index (χ4v) is 1.92. The first-order chi connectivity index (χ1) is 9.99. The van der Waals surface area contributed by atoms with Gasteiger partial charge < -0.3 is 10.4 Å². The summed E-state index contributed by atoms with van der Waals surface area (Å²) in [6.07, 6.45) is 2.51. The van der Waals surface area contributed by atoms with E-state index in [1.807, 2.05) is 19.9 Å². The predicted molar refractivity (Wildman–Crippen MR) is 73.0 cm³/mol. The van der Waals surface area contributed by atoms with E-state index in [0.717, 1.165) is 11.4 Å². The van der Waals surface area contributed by atoms with Gasteiger partial charge in [0.15, 0.2) is 11.4 Å². The highest BCUT2D eigenvalue weighted by Gasteiger charge is 2.18. The van der Waals surface area contributed by atoms with Crippen molar-refractivity contribution in [1.82, 2.24) is 25.1 Å². The first-order valence-corrected chi connectivity index (χ1v) is 6.32. The number of hydrogen-bond acceptors (Lipinski definition) is 5. The number of rotatable bonds is 5. The Morgan fingerprint density at radius 2 is 1.90 bits per heavy atom. The third kappa shape index (κ3) is 3.41. The molecule has 2 N–H and O–H groups in total. The molecule has 0 aromatic carbocycles. The first kappa shape index (κ1) is 14.6. The van der Waals surface area contributed by atoms with Gasteiger partial charge in [0.1, 0.15) is 0 Å². The third-order valence-electron chi connectivity index (χ3n) is 2.83. The molecule has 0 saturated carbocycles. The van der Waals surface area contributed by atoms with Crippen molar-refractivity contribution in [3.8, 4) is 0 Å². The maximum Gasteiger partial charge on any atom is 0.356 e. The quantitative estimate of drug-likeness (QED) is 0.825. The minimum absolute atomic E-state index is 0.196. The van der Waals surface area contributed by atoms with Crippen molar-refractivity contribution in [2.45, 2.75) is 20.4 Å². The monoisotopic (exact) mass is 289 g/mol. The van der Waals surface area contributed by atoms with Crippen molar-refractivity contribution in [1.29, 1.82) is 0 Å². The van der Waals surface area contributed by atoms with Crippen molar-refractivity contribution >= 4 is 11.9 Å².